The van der Waals surface area contributed by atoms with Crippen LogP contribution in [0.3, 0.4) is 0 Å². The summed E-state index contributed by atoms with van der Waals surface area (Å²) in [7, 11) is 1.77. The number of carbonyl (C=O) groups excluding carboxylic acids is 1. The molecule has 1 aliphatic rings. The van der Waals surface area contributed by atoms with Crippen molar-refractivity contribution in [2.45, 2.75) is 52.0 Å². The van der Waals surface area contributed by atoms with Crippen LogP contribution in [0.1, 0.15) is 48.1 Å². The smallest absolute Gasteiger partial charge is 0.227 e. The predicted octanol–water partition coefficient (Wildman–Crippen LogP) is 3.74. The molecule has 1 heterocycles. The van der Waals surface area contributed by atoms with Gasteiger partial charge in [0, 0.05) is 49.2 Å². The fourth-order valence-electron chi connectivity index (χ4n) is 3.51. The zero-order valence-electron chi connectivity index (χ0n) is 17.3. The number of carbonyl (C=O) groups is 1. The van der Waals surface area contributed by atoms with Gasteiger partial charge < -0.3 is 16.0 Å². The van der Waals surface area contributed by atoms with Crippen LogP contribution in [0.15, 0.2) is 35.5 Å². The van der Waals surface area contributed by atoms with Gasteiger partial charge in [-0.05, 0) is 37.0 Å². The van der Waals surface area contributed by atoms with Crippen molar-refractivity contribution in [3.63, 3.8) is 0 Å². The highest BCUT2D eigenvalue weighted by molar-refractivity contribution is 7.11. The second kappa shape index (κ2) is 11.0. The molecule has 0 saturated heterocycles. The number of thiazole rings is 1. The van der Waals surface area contributed by atoms with E-state index < -0.39 is 0 Å². The summed E-state index contributed by atoms with van der Waals surface area (Å²) < 4.78 is 0. The zero-order valence-corrected chi connectivity index (χ0v) is 18.1. The Kier molecular flexibility index (Phi) is 8.04. The Hall–Kier alpha value is -2.41. The van der Waals surface area contributed by atoms with Crippen LogP contribution in [0.25, 0.3) is 0 Å². The molecule has 3 N–H and O–H groups in total. The van der Waals surface area contributed by atoms with Crippen LogP contribution in [0.2, 0.25) is 0 Å². The fourth-order valence-corrected chi connectivity index (χ4v) is 4.37. The molecule has 1 aromatic heterocycles. The van der Waals surface area contributed by atoms with Crippen molar-refractivity contribution in [2.24, 2.45) is 10.9 Å². The van der Waals surface area contributed by atoms with Crippen molar-refractivity contribution in [1.82, 2.24) is 15.6 Å². The van der Waals surface area contributed by atoms with Gasteiger partial charge >= 0.3 is 0 Å². The van der Waals surface area contributed by atoms with E-state index in [-0.39, 0.29) is 11.8 Å². The third kappa shape index (κ3) is 6.56. The second-order valence-corrected chi connectivity index (χ2v) is 8.55. The van der Waals surface area contributed by atoms with Crippen molar-refractivity contribution >= 4 is 28.9 Å². The van der Waals surface area contributed by atoms with Crippen LogP contribution >= 0.6 is 11.3 Å². The number of aliphatic imine (C=N–C) groups is 1. The maximum absolute atomic E-state index is 12.3. The lowest BCUT2D eigenvalue weighted by Crippen LogP contribution is -2.37. The largest absolute Gasteiger partial charge is 0.356 e. The van der Waals surface area contributed by atoms with Gasteiger partial charge in [-0.2, -0.15) is 0 Å². The van der Waals surface area contributed by atoms with Crippen molar-refractivity contribution < 1.29 is 4.79 Å². The lowest BCUT2D eigenvalue weighted by atomic mass is 10.1. The maximum atomic E-state index is 12.3. The lowest BCUT2D eigenvalue weighted by molar-refractivity contribution is -0.119. The van der Waals surface area contributed by atoms with Gasteiger partial charge in [-0.3, -0.25) is 9.79 Å². The molecule has 1 aromatic carbocycles. The zero-order chi connectivity index (χ0) is 20.5. The third-order valence-electron chi connectivity index (χ3n) is 5.19. The Morgan fingerprint density at radius 3 is 2.83 bits per heavy atom. The van der Waals surface area contributed by atoms with E-state index in [2.05, 4.69) is 32.9 Å². The summed E-state index contributed by atoms with van der Waals surface area (Å²) in [5, 5.41) is 10.9. The Morgan fingerprint density at radius 1 is 1.28 bits per heavy atom. The summed E-state index contributed by atoms with van der Waals surface area (Å²) in [4.78, 5) is 22.4. The van der Waals surface area contributed by atoms with Crippen LogP contribution < -0.4 is 16.0 Å². The normalized spacial score (nSPS) is 14.8. The molecule has 0 atom stereocenters. The molecular formula is C22H31N5OS. The average Bonchev–Trinajstić information content (AvgIpc) is 3.43. The number of amides is 1. The molecule has 1 fully saturated rings. The second-order valence-electron chi connectivity index (χ2n) is 7.35. The Labute approximate surface area is 177 Å². The SMILES string of the molecule is CCc1cnc(CCNC(=NC)NCc2cccc(NC(=O)C3CCCC3)c2)s1. The molecule has 0 aliphatic heterocycles. The number of hydrogen-bond acceptors (Lipinski definition) is 4. The van der Waals surface area contributed by atoms with Crippen molar-refractivity contribution in [2.75, 3.05) is 18.9 Å². The van der Waals surface area contributed by atoms with Gasteiger partial charge in [-0.1, -0.05) is 31.9 Å². The molecule has 156 valence electrons. The van der Waals surface area contributed by atoms with Gasteiger partial charge in [0.2, 0.25) is 5.91 Å². The van der Waals surface area contributed by atoms with E-state index in [4.69, 9.17) is 0 Å². The highest BCUT2D eigenvalue weighted by Gasteiger charge is 2.22. The van der Waals surface area contributed by atoms with Crippen LogP contribution in [-0.4, -0.2) is 30.4 Å². The quantitative estimate of drug-likeness (QED) is 0.455. The molecular weight excluding hydrogens is 382 g/mol. The van der Waals surface area contributed by atoms with E-state index in [0.717, 1.165) is 67.3 Å². The van der Waals surface area contributed by atoms with Gasteiger partial charge in [0.05, 0.1) is 5.01 Å². The van der Waals surface area contributed by atoms with E-state index in [1.807, 2.05) is 30.5 Å². The van der Waals surface area contributed by atoms with Gasteiger partial charge in [0.25, 0.3) is 0 Å². The van der Waals surface area contributed by atoms with E-state index >= 15 is 0 Å². The minimum Gasteiger partial charge on any atom is -0.356 e. The van der Waals surface area contributed by atoms with Crippen molar-refractivity contribution in [3.8, 4) is 0 Å². The number of guanidine groups is 1. The molecule has 3 rings (SSSR count). The van der Waals surface area contributed by atoms with E-state index in [1.54, 1.807) is 18.4 Å². The first-order valence-corrected chi connectivity index (χ1v) is 11.3. The predicted molar refractivity (Wildman–Crippen MR) is 120 cm³/mol. The minimum atomic E-state index is 0.151. The number of aromatic nitrogens is 1. The summed E-state index contributed by atoms with van der Waals surface area (Å²) in [5.74, 6) is 1.09. The summed E-state index contributed by atoms with van der Waals surface area (Å²) in [6, 6.07) is 8.00. The molecule has 1 saturated carbocycles. The monoisotopic (exact) mass is 413 g/mol. The number of hydrogen-bond donors (Lipinski definition) is 3. The lowest BCUT2D eigenvalue weighted by Gasteiger charge is -2.13. The Morgan fingerprint density at radius 2 is 2.10 bits per heavy atom. The highest BCUT2D eigenvalue weighted by Crippen LogP contribution is 2.26. The molecule has 2 aromatic rings. The van der Waals surface area contributed by atoms with Gasteiger partial charge in [-0.15, -0.1) is 11.3 Å². The first kappa shape index (κ1) is 21.3. The summed E-state index contributed by atoms with van der Waals surface area (Å²) >= 11 is 1.77. The third-order valence-corrected chi connectivity index (χ3v) is 6.39. The molecule has 6 nitrogen and oxygen atoms in total. The molecule has 7 heteroatoms. The molecule has 0 bridgehead atoms. The summed E-state index contributed by atoms with van der Waals surface area (Å²) in [6.07, 6.45) is 8.23. The number of benzene rings is 1. The number of rotatable bonds is 8. The molecule has 1 amide bonds. The van der Waals surface area contributed by atoms with Crippen LogP contribution in [0.4, 0.5) is 5.69 Å². The Bertz CT molecular complexity index is 826. The number of nitrogens with one attached hydrogen (secondary N) is 3. The highest BCUT2D eigenvalue weighted by atomic mass is 32.1. The minimum absolute atomic E-state index is 0.151. The fraction of sp³-hybridized carbons (Fsp3) is 0.500. The van der Waals surface area contributed by atoms with E-state index in [0.29, 0.717) is 6.54 Å². The Balaban J connectivity index is 1.44. The first-order valence-electron chi connectivity index (χ1n) is 10.5. The molecule has 0 unspecified atom stereocenters. The maximum Gasteiger partial charge on any atom is 0.227 e. The molecule has 1 aliphatic carbocycles. The average molecular weight is 414 g/mol. The van der Waals surface area contributed by atoms with Crippen LogP contribution in [0.5, 0.6) is 0 Å². The van der Waals surface area contributed by atoms with Gasteiger partial charge in [0.1, 0.15) is 0 Å². The molecule has 0 spiro atoms. The van der Waals surface area contributed by atoms with Gasteiger partial charge in [-0.25, -0.2) is 4.98 Å². The van der Waals surface area contributed by atoms with E-state index in [9.17, 15) is 4.79 Å². The molecule has 0 radical (unpaired) electrons. The van der Waals surface area contributed by atoms with Crippen molar-refractivity contribution in [1.29, 1.82) is 0 Å². The molecule has 29 heavy (non-hydrogen) atoms. The summed E-state index contributed by atoms with van der Waals surface area (Å²) in [5.41, 5.74) is 1.96. The topological polar surface area (TPSA) is 78.4 Å². The van der Waals surface area contributed by atoms with Crippen LogP contribution in [-0.2, 0) is 24.2 Å². The first-order chi connectivity index (χ1) is 14.2. The number of anilines is 1. The van der Waals surface area contributed by atoms with Gasteiger partial charge in [0.15, 0.2) is 5.96 Å². The number of nitrogens with zero attached hydrogens (tertiary/aromatic N) is 2. The van der Waals surface area contributed by atoms with Crippen molar-refractivity contribution in [3.05, 3.63) is 45.9 Å². The van der Waals surface area contributed by atoms with Crippen LogP contribution in [0, 0.1) is 5.92 Å². The standard InChI is InChI=1S/C22H31N5OS/c1-3-19-15-25-20(29-19)11-12-24-22(23-2)26-14-16-7-6-10-18(13-16)27-21(28)17-8-4-5-9-17/h6-7,10,13,15,17H,3-5,8-9,11-12,14H2,1-2H3,(H,27,28)(H2,23,24,26). The summed E-state index contributed by atoms with van der Waals surface area (Å²) in [6.45, 7) is 3.58. The van der Waals surface area contributed by atoms with E-state index in [1.165, 1.54) is 4.88 Å². The number of aryl methyl sites for hydroxylation is 1.